The molecule has 8 N–H and O–H groups in total. The van der Waals surface area contributed by atoms with Crippen LogP contribution in [0.2, 0.25) is 0 Å². The van der Waals surface area contributed by atoms with Gasteiger partial charge in [-0.3, -0.25) is 0 Å². The summed E-state index contributed by atoms with van der Waals surface area (Å²) in [5.74, 6) is -9.89. The van der Waals surface area contributed by atoms with Crippen LogP contribution in [0.4, 0.5) is 0 Å². The van der Waals surface area contributed by atoms with Crippen molar-refractivity contribution in [1.82, 2.24) is 0 Å². The number of esters is 2. The molecule has 0 bridgehead atoms. The minimum Gasteiger partial charge on any atom is -0.458 e. The first-order valence-electron chi connectivity index (χ1n) is 25.8. The van der Waals surface area contributed by atoms with Crippen LogP contribution in [0.5, 0.6) is 0 Å². The minimum atomic E-state index is -1.88. The molecular formula is C53H86O18. The molecule has 5 aliphatic heterocycles. The van der Waals surface area contributed by atoms with Gasteiger partial charge in [0.15, 0.2) is 24.2 Å². The predicted molar refractivity (Wildman–Crippen MR) is 258 cm³/mol. The lowest BCUT2D eigenvalue weighted by Crippen LogP contribution is -2.59. The van der Waals surface area contributed by atoms with Crippen molar-refractivity contribution < 1.29 is 88.3 Å². The molecule has 406 valence electrons. The number of aliphatic hydroxyl groups is 8. The van der Waals surface area contributed by atoms with Gasteiger partial charge < -0.3 is 78.7 Å². The Morgan fingerprint density at radius 2 is 1.00 bits per heavy atom. The van der Waals surface area contributed by atoms with Crippen LogP contribution in [-0.2, 0) is 47.5 Å². The molecule has 18 heteroatoms. The van der Waals surface area contributed by atoms with E-state index in [9.17, 15) is 50.4 Å². The Labute approximate surface area is 420 Å². The molecule has 26 atom stereocenters. The Balaban J connectivity index is 1.28. The van der Waals surface area contributed by atoms with Crippen molar-refractivity contribution in [3.05, 3.63) is 48.6 Å². The van der Waals surface area contributed by atoms with Gasteiger partial charge in [0.2, 0.25) is 0 Å². The molecule has 0 aromatic heterocycles. The van der Waals surface area contributed by atoms with Gasteiger partial charge in [0, 0.05) is 85.2 Å². The van der Waals surface area contributed by atoms with Crippen molar-refractivity contribution in [3.8, 4) is 0 Å². The third-order valence-electron chi connectivity index (χ3n) is 16.3. The Morgan fingerprint density at radius 3 is 1.41 bits per heavy atom. The molecule has 0 aliphatic carbocycles. The summed E-state index contributed by atoms with van der Waals surface area (Å²) in [5, 5.41) is 89.3. The van der Waals surface area contributed by atoms with Gasteiger partial charge in [0.05, 0.1) is 61.0 Å². The average Bonchev–Trinajstić information content (AvgIpc) is 3.30. The van der Waals surface area contributed by atoms with Crippen LogP contribution in [0.25, 0.3) is 0 Å². The molecule has 0 unspecified atom stereocenters. The smallest absolute Gasteiger partial charge is 0.331 e. The molecule has 5 aliphatic rings. The average molecular weight is 1010 g/mol. The molecule has 4 fully saturated rings. The number of hydrogen-bond donors (Lipinski definition) is 8. The third kappa shape index (κ3) is 14.4. The van der Waals surface area contributed by atoms with Crippen LogP contribution in [0.3, 0.4) is 0 Å². The zero-order chi connectivity index (χ0) is 52.9. The molecule has 71 heavy (non-hydrogen) atoms. The maximum absolute atomic E-state index is 13.5. The number of allylic oxidation sites excluding steroid dienone is 4. The zero-order valence-corrected chi connectivity index (χ0v) is 43.7. The molecule has 0 amide bonds. The summed E-state index contributed by atoms with van der Waals surface area (Å²) in [6.07, 6.45) is -1.03. The van der Waals surface area contributed by atoms with Crippen molar-refractivity contribution in [3.63, 3.8) is 0 Å². The van der Waals surface area contributed by atoms with E-state index in [2.05, 4.69) is 0 Å². The molecule has 0 radical (unpaired) electrons. The van der Waals surface area contributed by atoms with Crippen LogP contribution in [0.15, 0.2) is 48.6 Å². The van der Waals surface area contributed by atoms with E-state index >= 15 is 0 Å². The van der Waals surface area contributed by atoms with Gasteiger partial charge in [-0.15, -0.1) is 0 Å². The van der Waals surface area contributed by atoms with Gasteiger partial charge in [0.1, 0.15) is 24.4 Å². The first kappa shape index (κ1) is 59.2. The van der Waals surface area contributed by atoms with E-state index in [1.807, 2.05) is 20.8 Å². The van der Waals surface area contributed by atoms with Gasteiger partial charge in [-0.2, -0.15) is 0 Å². The summed E-state index contributed by atoms with van der Waals surface area (Å²) in [5.41, 5.74) is 0. The number of ether oxygens (including phenoxy) is 8. The molecule has 5 rings (SSSR count). The van der Waals surface area contributed by atoms with Crippen LogP contribution in [0, 0.1) is 47.3 Å². The number of aliphatic hydroxyl groups excluding tert-OH is 6. The Bertz CT molecular complexity index is 1820. The van der Waals surface area contributed by atoms with Gasteiger partial charge in [-0.1, -0.05) is 91.8 Å². The summed E-state index contributed by atoms with van der Waals surface area (Å²) in [6, 6.07) is 0. The highest BCUT2D eigenvalue weighted by Gasteiger charge is 2.54. The van der Waals surface area contributed by atoms with Gasteiger partial charge >= 0.3 is 11.9 Å². The standard InChI is InChI=1S/C53H86O18/c1-13-37-34(10)71-53(63,25-41(37)67-45-23-39(55)49(61)36(12)65-45)32(8)47(59)30(6)51-27(3)19-15-17-20-42(56)68-50(26(2)18-14-16-21-43(57)69-51)29(5)46(58)31(7)52(62)24-40(28(4)33(9)70-52)66-44-22-38(54)48(60)35(11)64-44/h14-21,26-41,44-51,54-55,58-63H,13,22-25H2,1-12H3/b18-14-,19-15-,20-17-,21-16-/t26-,27-,28+,29-,30-,31-,32-,33+,34+,35-,36-,37+,38-,39-,40+,41+,44-,45-,46+,47+,48+,49+,50-,51-,52+,53+/m0/s1. The van der Waals surface area contributed by atoms with E-state index in [0.717, 1.165) is 0 Å². The van der Waals surface area contributed by atoms with E-state index in [-0.39, 0.29) is 37.5 Å². The predicted octanol–water partition coefficient (Wildman–Crippen LogP) is 3.73. The van der Waals surface area contributed by atoms with Crippen molar-refractivity contribution in [2.45, 2.75) is 225 Å². The number of cyclic esters (lactones) is 2. The number of carbonyl (C=O) groups excluding carboxylic acids is 2. The van der Waals surface area contributed by atoms with E-state index in [4.69, 9.17) is 37.9 Å². The zero-order valence-electron chi connectivity index (χ0n) is 43.7. The normalized spacial score (nSPS) is 46.5. The monoisotopic (exact) mass is 1010 g/mol. The van der Waals surface area contributed by atoms with Crippen LogP contribution in [-0.4, -0.2) is 162 Å². The second-order valence-corrected chi connectivity index (χ2v) is 21.4. The van der Waals surface area contributed by atoms with Gasteiger partial charge in [-0.05, 0) is 34.1 Å². The fourth-order valence-corrected chi connectivity index (χ4v) is 11.1. The van der Waals surface area contributed by atoms with Crippen LogP contribution >= 0.6 is 0 Å². The highest BCUT2D eigenvalue weighted by molar-refractivity contribution is 5.83. The fraction of sp³-hybridized carbons (Fsp3) is 0.811. The molecule has 0 aromatic carbocycles. The Morgan fingerprint density at radius 1 is 0.606 bits per heavy atom. The quantitative estimate of drug-likeness (QED) is 0.122. The number of rotatable bonds is 13. The van der Waals surface area contributed by atoms with E-state index in [1.54, 1.807) is 86.6 Å². The molecule has 4 saturated heterocycles. The molecule has 0 saturated carbocycles. The van der Waals surface area contributed by atoms with Crippen molar-refractivity contribution in [2.75, 3.05) is 0 Å². The third-order valence-corrected chi connectivity index (χ3v) is 16.3. The highest BCUT2D eigenvalue weighted by Crippen LogP contribution is 2.44. The van der Waals surface area contributed by atoms with Gasteiger partial charge in [-0.25, -0.2) is 9.59 Å². The fourth-order valence-electron chi connectivity index (χ4n) is 11.1. The summed E-state index contributed by atoms with van der Waals surface area (Å²) in [6.45, 7) is 21.1. The minimum absolute atomic E-state index is 0.0265. The first-order valence-corrected chi connectivity index (χ1v) is 25.8. The summed E-state index contributed by atoms with van der Waals surface area (Å²) in [4.78, 5) is 27.0. The van der Waals surface area contributed by atoms with Crippen molar-refractivity contribution in [1.29, 1.82) is 0 Å². The first-order chi connectivity index (χ1) is 33.2. The van der Waals surface area contributed by atoms with Gasteiger partial charge in [0.25, 0.3) is 0 Å². The lowest BCUT2D eigenvalue weighted by Gasteiger charge is -2.50. The molecule has 0 spiro atoms. The van der Waals surface area contributed by atoms with Crippen LogP contribution < -0.4 is 0 Å². The second kappa shape index (κ2) is 25.2. The molecule has 18 nitrogen and oxygen atoms in total. The topological polar surface area (TPSA) is 270 Å². The van der Waals surface area contributed by atoms with Crippen molar-refractivity contribution >= 4 is 11.9 Å². The number of hydrogen-bond acceptors (Lipinski definition) is 18. The highest BCUT2D eigenvalue weighted by atomic mass is 16.7. The summed E-state index contributed by atoms with van der Waals surface area (Å²) in [7, 11) is 0. The molecule has 5 heterocycles. The maximum Gasteiger partial charge on any atom is 0.331 e. The SMILES string of the molecule is CC[C@@H]1[C@@H](C)O[C@@](O)([C@@H](C)[C@H](O)[C@H](C)[C@H]2OC(=O)/C=C\C=C/[C@H](C)[C@@H]([C@@H](C)[C@@H](O)[C@H](C)[C@@]3(O)C[C@@H](O[C@H]4C[C@H](O)[C@H](O)[C@H](C)O4)[C@H](C)[C@@H](C)O3)OC(=O)/C=C\C=C/[C@@H]2C)C[C@H]1O[C@H]1C[C@H](O)[C@H](O)[C@H](C)O1. The van der Waals surface area contributed by atoms with E-state index < -0.39 is 157 Å². The summed E-state index contributed by atoms with van der Waals surface area (Å²) < 4.78 is 48.8. The molecule has 0 aromatic rings. The molecular weight excluding hydrogens is 925 g/mol. The Kier molecular flexibility index (Phi) is 21.1. The van der Waals surface area contributed by atoms with Crippen LogP contribution in [0.1, 0.15) is 115 Å². The maximum atomic E-state index is 13.5. The van der Waals surface area contributed by atoms with E-state index in [0.29, 0.717) is 6.42 Å². The lowest BCUT2D eigenvalue weighted by molar-refractivity contribution is -0.345. The number of carbonyl (C=O) groups is 2. The summed E-state index contributed by atoms with van der Waals surface area (Å²) >= 11 is 0. The second-order valence-electron chi connectivity index (χ2n) is 21.4. The Hall–Kier alpha value is -2.66. The van der Waals surface area contributed by atoms with E-state index in [1.165, 1.54) is 24.3 Å². The van der Waals surface area contributed by atoms with Crippen molar-refractivity contribution in [2.24, 2.45) is 47.3 Å². The lowest BCUT2D eigenvalue weighted by atomic mass is 9.76. The largest absolute Gasteiger partial charge is 0.458 e.